The summed E-state index contributed by atoms with van der Waals surface area (Å²) in [6, 6.07) is 9.61. The molecule has 1 fully saturated rings. The Balaban J connectivity index is 1.71. The number of fused-ring (bicyclic) bond motifs is 1. The molecular formula is C25H24FN3O5S. The Morgan fingerprint density at radius 3 is 2.60 bits per heavy atom. The highest BCUT2D eigenvalue weighted by Gasteiger charge is 2.32. The number of imidazole rings is 1. The smallest absolute Gasteiger partial charge is 0.303 e. The number of nitrogens with zero attached hydrogens (tertiary/aromatic N) is 2. The van der Waals surface area contributed by atoms with Crippen molar-refractivity contribution in [2.75, 3.05) is 17.1 Å². The summed E-state index contributed by atoms with van der Waals surface area (Å²) in [6.07, 6.45) is 6.37. The normalized spacial score (nSPS) is 13.9. The van der Waals surface area contributed by atoms with Crippen LogP contribution in [0.5, 0.6) is 0 Å². The Morgan fingerprint density at radius 2 is 2.00 bits per heavy atom. The Hall–Kier alpha value is -3.66. The number of carboxylic acid groups (broad SMARTS) is 1. The maximum atomic E-state index is 13.6. The van der Waals surface area contributed by atoms with Gasteiger partial charge < -0.3 is 14.5 Å². The minimum Gasteiger partial charge on any atom is -0.481 e. The molecule has 0 radical (unpaired) electrons. The Morgan fingerprint density at radius 1 is 1.26 bits per heavy atom. The third kappa shape index (κ3) is 4.66. The molecule has 2 aromatic carbocycles. The topological polar surface area (TPSA) is 116 Å². The Labute approximate surface area is 201 Å². The summed E-state index contributed by atoms with van der Waals surface area (Å²) in [5, 5.41) is 9.80. The summed E-state index contributed by atoms with van der Waals surface area (Å²) in [7, 11) is -3.68. The van der Waals surface area contributed by atoms with Crippen molar-refractivity contribution in [1.29, 1.82) is 0 Å². The number of aromatic nitrogens is 2. The average molecular weight is 498 g/mol. The molecule has 1 aliphatic rings. The first-order valence-electron chi connectivity index (χ1n) is 11.3. The molecule has 4 aromatic rings. The minimum absolute atomic E-state index is 0.0485. The van der Waals surface area contributed by atoms with Crippen molar-refractivity contribution in [3.63, 3.8) is 0 Å². The van der Waals surface area contributed by atoms with E-state index in [0.29, 0.717) is 34.0 Å². The number of benzene rings is 2. The van der Waals surface area contributed by atoms with Gasteiger partial charge in [0, 0.05) is 42.4 Å². The molecule has 0 atom stereocenters. The van der Waals surface area contributed by atoms with Crippen LogP contribution < -0.4 is 4.31 Å². The van der Waals surface area contributed by atoms with E-state index < -0.39 is 16.0 Å². The average Bonchev–Trinajstić information content (AvgIpc) is 3.37. The molecule has 2 heterocycles. The van der Waals surface area contributed by atoms with Crippen molar-refractivity contribution in [3.8, 4) is 22.7 Å². The quantitative estimate of drug-likeness (QED) is 0.331. The van der Waals surface area contributed by atoms with Gasteiger partial charge in [0.2, 0.25) is 10.0 Å². The number of anilines is 1. The van der Waals surface area contributed by atoms with Gasteiger partial charge in [0.1, 0.15) is 23.0 Å². The third-order valence-corrected chi connectivity index (χ3v) is 7.30. The van der Waals surface area contributed by atoms with E-state index in [2.05, 4.69) is 9.97 Å². The molecule has 2 N–H and O–H groups in total. The van der Waals surface area contributed by atoms with Gasteiger partial charge in [-0.2, -0.15) is 0 Å². The molecule has 182 valence electrons. The molecule has 8 nitrogen and oxygen atoms in total. The molecule has 0 spiro atoms. The fourth-order valence-electron chi connectivity index (χ4n) is 4.37. The molecule has 0 bridgehead atoms. The van der Waals surface area contributed by atoms with Gasteiger partial charge in [-0.25, -0.2) is 17.8 Å². The van der Waals surface area contributed by atoms with Crippen LogP contribution in [0.1, 0.15) is 37.2 Å². The lowest BCUT2D eigenvalue weighted by molar-refractivity contribution is -0.137. The molecule has 35 heavy (non-hydrogen) atoms. The lowest BCUT2D eigenvalue weighted by Crippen LogP contribution is -2.32. The van der Waals surface area contributed by atoms with E-state index in [9.17, 15) is 17.6 Å². The number of aliphatic carboxylic acids is 1. The van der Waals surface area contributed by atoms with Gasteiger partial charge in [0.05, 0.1) is 17.5 Å². The number of carboxylic acids is 1. The molecule has 2 aromatic heterocycles. The summed E-state index contributed by atoms with van der Waals surface area (Å²) < 4.78 is 46.6. The zero-order valence-electron chi connectivity index (χ0n) is 19.0. The van der Waals surface area contributed by atoms with E-state index in [4.69, 9.17) is 9.52 Å². The van der Waals surface area contributed by atoms with Crippen molar-refractivity contribution >= 4 is 32.6 Å². The standard InChI is InChI=1S/C25H24FN3O5S/c1-35(32,33)29(12-2-3-22(30)31)20-14-21-19(13-18(20)15-4-5-15)23(25-27-10-11-28-25)24(34-21)16-6-8-17(26)9-7-16/h6-11,13-15H,2-5,12H2,1H3,(H,27,28)(H,30,31). The van der Waals surface area contributed by atoms with Gasteiger partial charge >= 0.3 is 5.97 Å². The number of H-pyrrole nitrogens is 1. The molecule has 0 saturated heterocycles. The molecule has 10 heteroatoms. The third-order valence-electron chi connectivity index (χ3n) is 6.12. The first-order valence-corrected chi connectivity index (χ1v) is 13.1. The van der Waals surface area contributed by atoms with Gasteiger partial charge in [0.25, 0.3) is 0 Å². The van der Waals surface area contributed by atoms with Crippen molar-refractivity contribution in [1.82, 2.24) is 9.97 Å². The number of nitrogens with one attached hydrogen (secondary N) is 1. The highest BCUT2D eigenvalue weighted by atomic mass is 32.2. The molecule has 5 rings (SSSR count). The van der Waals surface area contributed by atoms with Crippen molar-refractivity contribution in [3.05, 3.63) is 60.2 Å². The zero-order chi connectivity index (χ0) is 24.7. The SMILES string of the molecule is CS(=O)(=O)N(CCCC(=O)O)c1cc2oc(-c3ccc(F)cc3)c(-c3ncc[nH]3)c2cc1C1CC1. The number of hydrogen-bond acceptors (Lipinski definition) is 5. The summed E-state index contributed by atoms with van der Waals surface area (Å²) in [5.74, 6) is -0.0707. The van der Waals surface area contributed by atoms with E-state index in [0.717, 1.165) is 30.0 Å². The van der Waals surface area contributed by atoms with E-state index in [-0.39, 0.29) is 31.1 Å². The van der Waals surface area contributed by atoms with Crippen LogP contribution in [0.25, 0.3) is 33.7 Å². The van der Waals surface area contributed by atoms with Crippen molar-refractivity contribution in [2.24, 2.45) is 0 Å². The number of furan rings is 1. The monoisotopic (exact) mass is 497 g/mol. The van der Waals surface area contributed by atoms with E-state index in [1.165, 1.54) is 16.4 Å². The largest absolute Gasteiger partial charge is 0.481 e. The highest BCUT2D eigenvalue weighted by molar-refractivity contribution is 7.92. The van der Waals surface area contributed by atoms with Crippen LogP contribution in [-0.2, 0) is 14.8 Å². The molecule has 0 amide bonds. The second kappa shape index (κ2) is 8.84. The summed E-state index contributed by atoms with van der Waals surface area (Å²) in [5.41, 5.74) is 3.20. The Bertz CT molecular complexity index is 1490. The van der Waals surface area contributed by atoms with Crippen LogP contribution in [0.4, 0.5) is 10.1 Å². The maximum absolute atomic E-state index is 13.6. The van der Waals surface area contributed by atoms with Crippen molar-refractivity contribution < 1.29 is 27.1 Å². The molecule has 0 unspecified atom stereocenters. The number of sulfonamides is 1. The van der Waals surface area contributed by atoms with E-state index in [1.54, 1.807) is 30.6 Å². The van der Waals surface area contributed by atoms with Crippen LogP contribution >= 0.6 is 0 Å². The molecule has 1 saturated carbocycles. The predicted octanol–water partition coefficient (Wildman–Crippen LogP) is 5.14. The molecule has 0 aliphatic heterocycles. The van der Waals surface area contributed by atoms with Gasteiger partial charge in [-0.15, -0.1) is 0 Å². The van der Waals surface area contributed by atoms with Crippen molar-refractivity contribution in [2.45, 2.75) is 31.6 Å². The second-order valence-corrected chi connectivity index (χ2v) is 10.7. The highest BCUT2D eigenvalue weighted by Crippen LogP contribution is 2.49. The maximum Gasteiger partial charge on any atom is 0.303 e. The second-order valence-electron chi connectivity index (χ2n) is 8.76. The number of halogens is 1. The fraction of sp³-hybridized carbons (Fsp3) is 0.280. The lowest BCUT2D eigenvalue weighted by atomic mass is 10.0. The summed E-state index contributed by atoms with van der Waals surface area (Å²) in [4.78, 5) is 18.5. The lowest BCUT2D eigenvalue weighted by Gasteiger charge is -2.25. The van der Waals surface area contributed by atoms with Gasteiger partial charge in [-0.05, 0) is 61.1 Å². The van der Waals surface area contributed by atoms with Crippen LogP contribution in [-0.4, -0.2) is 42.3 Å². The van der Waals surface area contributed by atoms with Crippen LogP contribution in [0.15, 0.2) is 53.2 Å². The van der Waals surface area contributed by atoms with Gasteiger partial charge in [0.15, 0.2) is 0 Å². The first-order chi connectivity index (χ1) is 16.7. The zero-order valence-corrected chi connectivity index (χ0v) is 19.8. The summed E-state index contributed by atoms with van der Waals surface area (Å²) in [6.45, 7) is 0.0485. The minimum atomic E-state index is -3.68. The van der Waals surface area contributed by atoms with Gasteiger partial charge in [-0.3, -0.25) is 9.10 Å². The number of carbonyl (C=O) groups is 1. The van der Waals surface area contributed by atoms with E-state index >= 15 is 0 Å². The number of rotatable bonds is 9. The fourth-order valence-corrected chi connectivity index (χ4v) is 5.34. The first kappa shape index (κ1) is 23.1. The number of aromatic amines is 1. The predicted molar refractivity (Wildman–Crippen MR) is 130 cm³/mol. The Kier molecular flexibility index (Phi) is 5.84. The van der Waals surface area contributed by atoms with Gasteiger partial charge in [-0.1, -0.05) is 0 Å². The van der Waals surface area contributed by atoms with Crippen LogP contribution in [0.3, 0.4) is 0 Å². The molecule has 1 aliphatic carbocycles. The molecular weight excluding hydrogens is 473 g/mol. The van der Waals surface area contributed by atoms with Crippen LogP contribution in [0, 0.1) is 5.82 Å². The van der Waals surface area contributed by atoms with Crippen LogP contribution in [0.2, 0.25) is 0 Å². The van der Waals surface area contributed by atoms with E-state index in [1.807, 2.05) is 6.07 Å². The number of hydrogen-bond donors (Lipinski definition) is 2. The summed E-state index contributed by atoms with van der Waals surface area (Å²) >= 11 is 0.